The highest BCUT2D eigenvalue weighted by atomic mass is 14.7. The Hall–Kier alpha value is -1.54. The van der Waals surface area contributed by atoms with Crippen LogP contribution in [0.25, 0.3) is 0 Å². The number of nitrogens with zero attached hydrogens (tertiary/aromatic N) is 2. The molecule has 2 nitrogen and oxygen atoms in total. The van der Waals surface area contributed by atoms with Crippen LogP contribution >= 0.6 is 0 Å². The van der Waals surface area contributed by atoms with Crippen LogP contribution in [0.3, 0.4) is 0 Å². The Morgan fingerprint density at radius 1 is 0.833 bits per heavy atom. The first kappa shape index (κ1) is 10.5. The number of hydrogen-bond donors (Lipinski definition) is 0. The van der Waals surface area contributed by atoms with Crippen LogP contribution in [0.4, 0.5) is 0 Å². The zero-order valence-electron chi connectivity index (χ0n) is 7.89. The summed E-state index contributed by atoms with van der Waals surface area (Å²) in [4.78, 5) is 7.95. The predicted molar refractivity (Wildman–Crippen MR) is 53.6 cm³/mol. The van der Waals surface area contributed by atoms with Crippen molar-refractivity contribution in [3.63, 3.8) is 0 Å². The molecule has 0 N–H and O–H groups in total. The summed E-state index contributed by atoms with van der Waals surface area (Å²) in [5, 5.41) is 0. The third kappa shape index (κ3) is 3.03. The van der Waals surface area contributed by atoms with Crippen LogP contribution in [0.1, 0.15) is 13.8 Å². The molecule has 0 saturated carbocycles. The van der Waals surface area contributed by atoms with Gasteiger partial charge in [0.25, 0.3) is 0 Å². The molecule has 0 aromatic heterocycles. The number of rotatable bonds is 1. The van der Waals surface area contributed by atoms with Crippen LogP contribution < -0.4 is 0 Å². The van der Waals surface area contributed by atoms with E-state index in [1.54, 1.807) is 27.9 Å². The maximum atomic E-state index is 3.98. The molecule has 0 aliphatic heterocycles. The zero-order chi connectivity index (χ0) is 9.40. The molecule has 0 bridgehead atoms. The third-order valence-corrected chi connectivity index (χ3v) is 1.16. The van der Waals surface area contributed by atoms with Gasteiger partial charge >= 0.3 is 0 Å². The van der Waals surface area contributed by atoms with Gasteiger partial charge in [0, 0.05) is 14.1 Å². The molecule has 0 aliphatic carbocycles. The lowest BCUT2D eigenvalue weighted by atomic mass is 10.2. The monoisotopic (exact) mass is 160 g/mol. The Morgan fingerprint density at radius 3 is 1.33 bits per heavy atom. The summed E-state index contributed by atoms with van der Waals surface area (Å²) in [6, 6.07) is 0. The van der Waals surface area contributed by atoms with Gasteiger partial charge in [-0.1, -0.05) is 11.8 Å². The standard InChI is InChI=1S/C10H12N2/c1-5-7-9(11-3)10(12-4)8-6-2/h1-4H3. The molecule has 0 unspecified atom stereocenters. The summed E-state index contributed by atoms with van der Waals surface area (Å²) in [6.45, 7) is 3.52. The minimum atomic E-state index is 0.648. The SMILES string of the molecule is CC#CC(=NC)C(C#CC)=NC. The summed E-state index contributed by atoms with van der Waals surface area (Å²) in [5.74, 6) is 11.2. The molecule has 0 aliphatic rings. The largest absolute Gasteiger partial charge is 0.277 e. The highest BCUT2D eigenvalue weighted by molar-refractivity contribution is 6.54. The van der Waals surface area contributed by atoms with Crippen LogP contribution in [-0.4, -0.2) is 25.5 Å². The topological polar surface area (TPSA) is 24.7 Å². The van der Waals surface area contributed by atoms with Gasteiger partial charge in [-0.2, -0.15) is 0 Å². The predicted octanol–water partition coefficient (Wildman–Crippen LogP) is 1.17. The third-order valence-electron chi connectivity index (χ3n) is 1.16. The maximum Gasteiger partial charge on any atom is 0.141 e. The van der Waals surface area contributed by atoms with Crippen LogP contribution in [0.15, 0.2) is 9.98 Å². The van der Waals surface area contributed by atoms with E-state index in [1.165, 1.54) is 0 Å². The van der Waals surface area contributed by atoms with Crippen molar-refractivity contribution in [2.75, 3.05) is 14.1 Å². The van der Waals surface area contributed by atoms with E-state index < -0.39 is 0 Å². The van der Waals surface area contributed by atoms with Crippen molar-refractivity contribution in [1.29, 1.82) is 0 Å². The minimum absolute atomic E-state index is 0.648. The molecular formula is C10H12N2. The normalized spacial score (nSPS) is 11.0. The van der Waals surface area contributed by atoms with Gasteiger partial charge in [0.05, 0.1) is 0 Å². The summed E-state index contributed by atoms with van der Waals surface area (Å²) < 4.78 is 0. The maximum absolute atomic E-state index is 3.98. The highest BCUT2D eigenvalue weighted by Crippen LogP contribution is 1.82. The summed E-state index contributed by atoms with van der Waals surface area (Å²) >= 11 is 0. The smallest absolute Gasteiger partial charge is 0.141 e. The van der Waals surface area contributed by atoms with E-state index in [9.17, 15) is 0 Å². The van der Waals surface area contributed by atoms with Crippen LogP contribution in [0, 0.1) is 23.7 Å². The van der Waals surface area contributed by atoms with Crippen molar-refractivity contribution >= 4 is 11.4 Å². The zero-order valence-corrected chi connectivity index (χ0v) is 7.89. The first-order valence-electron chi connectivity index (χ1n) is 3.59. The average molecular weight is 160 g/mol. The van der Waals surface area contributed by atoms with Crippen molar-refractivity contribution < 1.29 is 0 Å². The van der Waals surface area contributed by atoms with Crippen LogP contribution in [-0.2, 0) is 0 Å². The Morgan fingerprint density at radius 2 is 1.17 bits per heavy atom. The second-order valence-corrected chi connectivity index (χ2v) is 1.89. The molecule has 0 aromatic carbocycles. The second-order valence-electron chi connectivity index (χ2n) is 1.89. The van der Waals surface area contributed by atoms with Crippen molar-refractivity contribution in [2.45, 2.75) is 13.8 Å². The van der Waals surface area contributed by atoms with E-state index in [-0.39, 0.29) is 0 Å². The summed E-state index contributed by atoms with van der Waals surface area (Å²) in [7, 11) is 3.37. The molecule has 0 aromatic rings. The molecule has 0 fully saturated rings. The van der Waals surface area contributed by atoms with Gasteiger partial charge in [-0.15, -0.1) is 0 Å². The lowest BCUT2D eigenvalue weighted by Crippen LogP contribution is -2.09. The van der Waals surface area contributed by atoms with Crippen LogP contribution in [0.2, 0.25) is 0 Å². The fraction of sp³-hybridized carbons (Fsp3) is 0.400. The van der Waals surface area contributed by atoms with Gasteiger partial charge in [0.15, 0.2) is 0 Å². The molecule has 0 heterocycles. The lowest BCUT2D eigenvalue weighted by Gasteiger charge is -1.92. The quantitative estimate of drug-likeness (QED) is 0.406. The highest BCUT2D eigenvalue weighted by Gasteiger charge is 1.98. The molecule has 2 heteroatoms. The number of hydrogen-bond acceptors (Lipinski definition) is 2. The van der Waals surface area contributed by atoms with E-state index >= 15 is 0 Å². The van der Waals surface area contributed by atoms with Gasteiger partial charge in [-0.25, -0.2) is 0 Å². The first-order chi connectivity index (χ1) is 5.79. The van der Waals surface area contributed by atoms with E-state index in [1.807, 2.05) is 0 Å². The Labute approximate surface area is 73.8 Å². The van der Waals surface area contributed by atoms with Crippen molar-refractivity contribution in [3.05, 3.63) is 0 Å². The summed E-state index contributed by atoms with van der Waals surface area (Å²) in [6.07, 6.45) is 0. The van der Waals surface area contributed by atoms with Crippen molar-refractivity contribution in [1.82, 2.24) is 0 Å². The lowest BCUT2D eigenvalue weighted by molar-refractivity contribution is 1.43. The molecule has 12 heavy (non-hydrogen) atoms. The van der Waals surface area contributed by atoms with Gasteiger partial charge in [-0.3, -0.25) is 9.98 Å². The number of aliphatic imine (C=N–C) groups is 2. The van der Waals surface area contributed by atoms with Gasteiger partial charge in [0.2, 0.25) is 0 Å². The van der Waals surface area contributed by atoms with E-state index in [4.69, 9.17) is 0 Å². The Balaban J connectivity index is 4.89. The molecule has 62 valence electrons. The van der Waals surface area contributed by atoms with Crippen LogP contribution in [0.5, 0.6) is 0 Å². The van der Waals surface area contributed by atoms with E-state index in [2.05, 4.69) is 33.7 Å². The van der Waals surface area contributed by atoms with Gasteiger partial charge in [0.1, 0.15) is 11.4 Å². The Kier molecular flexibility index (Phi) is 5.39. The average Bonchev–Trinajstić information content (AvgIpc) is 2.11. The molecule has 0 atom stereocenters. The molecule has 0 saturated heterocycles. The van der Waals surface area contributed by atoms with Crippen molar-refractivity contribution in [2.24, 2.45) is 9.98 Å². The van der Waals surface area contributed by atoms with E-state index in [0.717, 1.165) is 0 Å². The summed E-state index contributed by atoms with van der Waals surface area (Å²) in [5.41, 5.74) is 1.30. The van der Waals surface area contributed by atoms with E-state index in [0.29, 0.717) is 11.4 Å². The molecular weight excluding hydrogens is 148 g/mol. The minimum Gasteiger partial charge on any atom is -0.277 e. The molecule has 0 radical (unpaired) electrons. The fourth-order valence-corrected chi connectivity index (χ4v) is 0.679. The van der Waals surface area contributed by atoms with Gasteiger partial charge < -0.3 is 0 Å². The van der Waals surface area contributed by atoms with Gasteiger partial charge in [-0.05, 0) is 25.7 Å². The second kappa shape index (κ2) is 6.19. The first-order valence-corrected chi connectivity index (χ1v) is 3.59. The Bertz CT molecular complexity index is 279. The fourth-order valence-electron chi connectivity index (χ4n) is 0.679. The molecule has 0 rings (SSSR count). The molecule has 0 spiro atoms. The van der Waals surface area contributed by atoms with Crippen molar-refractivity contribution in [3.8, 4) is 23.7 Å². The molecule has 0 amide bonds.